The van der Waals surface area contributed by atoms with Crippen molar-refractivity contribution in [1.82, 2.24) is 4.31 Å². The molecule has 1 rings (SSSR count). The Bertz CT molecular complexity index is 570. The lowest BCUT2D eigenvalue weighted by atomic mass is 10.1. The highest BCUT2D eigenvalue weighted by Crippen LogP contribution is 2.12. The summed E-state index contributed by atoms with van der Waals surface area (Å²) in [7, 11) is -1.63. The molecule has 0 amide bonds. The van der Waals surface area contributed by atoms with E-state index in [0.717, 1.165) is 11.1 Å². The molecule has 0 aliphatic carbocycles. The van der Waals surface area contributed by atoms with Crippen LogP contribution in [0.15, 0.2) is 24.3 Å². The second-order valence-corrected chi connectivity index (χ2v) is 6.45. The standard InChI is InChI=1S/C14H19NO3S/c1-3-19(17,18)15(2)12-14-10-5-4-8-13(14)9-6-7-11-16/h4-5,8,10,16H,3,7,11-12H2,1-2H3. The molecule has 1 N–H and O–H groups in total. The lowest BCUT2D eigenvalue weighted by Gasteiger charge is -2.16. The molecule has 0 saturated heterocycles. The molecule has 0 heterocycles. The fourth-order valence-electron chi connectivity index (χ4n) is 1.55. The zero-order valence-corrected chi connectivity index (χ0v) is 12.1. The topological polar surface area (TPSA) is 57.6 Å². The van der Waals surface area contributed by atoms with Crippen molar-refractivity contribution in [2.24, 2.45) is 0 Å². The molecule has 1 aromatic carbocycles. The molecule has 0 aromatic heterocycles. The van der Waals surface area contributed by atoms with E-state index in [1.54, 1.807) is 14.0 Å². The second-order valence-electron chi connectivity index (χ2n) is 4.09. The molecule has 1 aromatic rings. The first-order chi connectivity index (χ1) is 9.01. The third-order valence-electron chi connectivity index (χ3n) is 2.71. The molecule has 0 bridgehead atoms. The SMILES string of the molecule is CCS(=O)(=O)N(C)Cc1ccccc1C#CCCO. The van der Waals surface area contributed by atoms with E-state index in [1.165, 1.54) is 4.31 Å². The van der Waals surface area contributed by atoms with Crippen molar-refractivity contribution in [3.05, 3.63) is 35.4 Å². The van der Waals surface area contributed by atoms with E-state index in [1.807, 2.05) is 24.3 Å². The summed E-state index contributed by atoms with van der Waals surface area (Å²) in [6.45, 7) is 1.96. The highest BCUT2D eigenvalue weighted by Gasteiger charge is 2.16. The van der Waals surface area contributed by atoms with Crippen molar-refractivity contribution in [2.45, 2.75) is 19.9 Å². The van der Waals surface area contributed by atoms with Crippen LogP contribution in [0.3, 0.4) is 0 Å². The molecule has 0 spiro atoms. The van der Waals surface area contributed by atoms with Gasteiger partial charge in [0.15, 0.2) is 0 Å². The van der Waals surface area contributed by atoms with Crippen LogP contribution in [-0.4, -0.2) is 37.2 Å². The predicted octanol–water partition coefficient (Wildman–Crippen LogP) is 1.20. The Hall–Kier alpha value is -1.35. The molecule has 0 atom stereocenters. The molecule has 0 aliphatic rings. The molecular weight excluding hydrogens is 262 g/mol. The number of aliphatic hydroxyl groups excluding tert-OH is 1. The van der Waals surface area contributed by atoms with Crippen LogP contribution in [0.25, 0.3) is 0 Å². The monoisotopic (exact) mass is 281 g/mol. The molecule has 0 radical (unpaired) electrons. The van der Waals surface area contributed by atoms with E-state index in [0.29, 0.717) is 13.0 Å². The van der Waals surface area contributed by atoms with Crippen LogP contribution in [0.5, 0.6) is 0 Å². The molecule has 0 saturated carbocycles. The first-order valence-electron chi connectivity index (χ1n) is 6.13. The minimum Gasteiger partial charge on any atom is -0.395 e. The van der Waals surface area contributed by atoms with Crippen LogP contribution in [0.2, 0.25) is 0 Å². The molecule has 0 fully saturated rings. The summed E-state index contributed by atoms with van der Waals surface area (Å²) >= 11 is 0. The van der Waals surface area contributed by atoms with Crippen molar-refractivity contribution >= 4 is 10.0 Å². The minimum atomic E-state index is -3.19. The van der Waals surface area contributed by atoms with Gasteiger partial charge < -0.3 is 5.11 Å². The number of rotatable bonds is 5. The van der Waals surface area contributed by atoms with E-state index < -0.39 is 10.0 Å². The average Bonchev–Trinajstić information content (AvgIpc) is 2.41. The van der Waals surface area contributed by atoms with Gasteiger partial charge in [0.2, 0.25) is 10.0 Å². The Morgan fingerprint density at radius 1 is 1.32 bits per heavy atom. The summed E-state index contributed by atoms with van der Waals surface area (Å²) in [5.74, 6) is 5.89. The van der Waals surface area contributed by atoms with Crippen LogP contribution in [0, 0.1) is 11.8 Å². The normalized spacial score (nSPS) is 11.2. The predicted molar refractivity (Wildman–Crippen MR) is 76.0 cm³/mol. The van der Waals surface area contributed by atoms with Crippen molar-refractivity contribution in [3.8, 4) is 11.8 Å². The van der Waals surface area contributed by atoms with Crippen LogP contribution < -0.4 is 0 Å². The van der Waals surface area contributed by atoms with Crippen molar-refractivity contribution in [3.63, 3.8) is 0 Å². The number of benzene rings is 1. The molecule has 0 aliphatic heterocycles. The lowest BCUT2D eigenvalue weighted by Crippen LogP contribution is -2.28. The largest absolute Gasteiger partial charge is 0.395 e. The van der Waals surface area contributed by atoms with Crippen molar-refractivity contribution < 1.29 is 13.5 Å². The van der Waals surface area contributed by atoms with Crippen LogP contribution >= 0.6 is 0 Å². The number of sulfonamides is 1. The van der Waals surface area contributed by atoms with Gasteiger partial charge in [0.25, 0.3) is 0 Å². The van der Waals surface area contributed by atoms with Crippen LogP contribution in [0.4, 0.5) is 0 Å². The molecular formula is C14H19NO3S. The third-order valence-corrected chi connectivity index (χ3v) is 4.52. The van der Waals surface area contributed by atoms with Crippen LogP contribution in [-0.2, 0) is 16.6 Å². The van der Waals surface area contributed by atoms with Gasteiger partial charge in [-0.25, -0.2) is 12.7 Å². The Morgan fingerprint density at radius 2 is 2.00 bits per heavy atom. The van der Waals surface area contributed by atoms with E-state index >= 15 is 0 Å². The van der Waals surface area contributed by atoms with Gasteiger partial charge in [0.1, 0.15) is 0 Å². The fraction of sp³-hybridized carbons (Fsp3) is 0.429. The van der Waals surface area contributed by atoms with E-state index in [2.05, 4.69) is 11.8 Å². The number of aliphatic hydroxyl groups is 1. The molecule has 104 valence electrons. The van der Waals surface area contributed by atoms with Gasteiger partial charge in [-0.3, -0.25) is 0 Å². The summed E-state index contributed by atoms with van der Waals surface area (Å²) in [6.07, 6.45) is 0.414. The Morgan fingerprint density at radius 3 is 2.63 bits per heavy atom. The van der Waals surface area contributed by atoms with Gasteiger partial charge >= 0.3 is 0 Å². The maximum Gasteiger partial charge on any atom is 0.213 e. The van der Waals surface area contributed by atoms with Crippen molar-refractivity contribution in [1.29, 1.82) is 0 Å². The maximum absolute atomic E-state index is 11.7. The molecule has 19 heavy (non-hydrogen) atoms. The first-order valence-corrected chi connectivity index (χ1v) is 7.73. The summed E-state index contributed by atoms with van der Waals surface area (Å²) in [5.41, 5.74) is 1.67. The van der Waals surface area contributed by atoms with Gasteiger partial charge in [0, 0.05) is 25.6 Å². The Kier molecular flexibility index (Phi) is 6.03. The number of nitrogens with zero attached hydrogens (tertiary/aromatic N) is 1. The van der Waals surface area contributed by atoms with Gasteiger partial charge in [0.05, 0.1) is 12.4 Å². The zero-order chi connectivity index (χ0) is 14.3. The van der Waals surface area contributed by atoms with Gasteiger partial charge in [-0.1, -0.05) is 30.0 Å². The summed E-state index contributed by atoms with van der Waals surface area (Å²) in [4.78, 5) is 0. The molecule has 5 heteroatoms. The third kappa shape index (κ3) is 4.67. The van der Waals surface area contributed by atoms with E-state index in [-0.39, 0.29) is 12.4 Å². The summed E-state index contributed by atoms with van der Waals surface area (Å²) in [5, 5.41) is 8.71. The number of hydrogen-bond donors (Lipinski definition) is 1. The quantitative estimate of drug-likeness (QED) is 0.825. The smallest absolute Gasteiger partial charge is 0.213 e. The zero-order valence-electron chi connectivity index (χ0n) is 11.3. The van der Waals surface area contributed by atoms with E-state index in [4.69, 9.17) is 5.11 Å². The summed E-state index contributed by atoms with van der Waals surface area (Å²) < 4.78 is 24.8. The number of hydrogen-bond acceptors (Lipinski definition) is 3. The molecule has 0 unspecified atom stereocenters. The highest BCUT2D eigenvalue weighted by molar-refractivity contribution is 7.89. The Balaban J connectivity index is 2.94. The van der Waals surface area contributed by atoms with Gasteiger partial charge in [-0.05, 0) is 18.6 Å². The summed E-state index contributed by atoms with van der Waals surface area (Å²) in [6, 6.07) is 7.44. The molecule has 4 nitrogen and oxygen atoms in total. The minimum absolute atomic E-state index is 0.0271. The van der Waals surface area contributed by atoms with E-state index in [9.17, 15) is 8.42 Å². The maximum atomic E-state index is 11.7. The first kappa shape index (κ1) is 15.7. The van der Waals surface area contributed by atoms with Gasteiger partial charge in [-0.2, -0.15) is 0 Å². The highest BCUT2D eigenvalue weighted by atomic mass is 32.2. The second kappa shape index (κ2) is 7.29. The van der Waals surface area contributed by atoms with Crippen molar-refractivity contribution in [2.75, 3.05) is 19.4 Å². The van der Waals surface area contributed by atoms with Gasteiger partial charge in [-0.15, -0.1) is 0 Å². The fourth-order valence-corrected chi connectivity index (χ4v) is 2.33. The Labute approximate surface area is 115 Å². The lowest BCUT2D eigenvalue weighted by molar-refractivity contribution is 0.305. The average molecular weight is 281 g/mol. The van der Waals surface area contributed by atoms with Crippen LogP contribution in [0.1, 0.15) is 24.5 Å².